The number of amides is 2. The largest absolute Gasteiger partial charge is 0.350 e. The average Bonchev–Trinajstić information content (AvgIpc) is 2.71. The summed E-state index contributed by atoms with van der Waals surface area (Å²) >= 11 is 0. The van der Waals surface area contributed by atoms with Crippen LogP contribution in [-0.4, -0.2) is 35.4 Å². The summed E-state index contributed by atoms with van der Waals surface area (Å²) in [6, 6.07) is 12.2. The average molecular weight is 368 g/mol. The fourth-order valence-electron chi connectivity index (χ4n) is 2.80. The van der Waals surface area contributed by atoms with E-state index in [9.17, 15) is 9.59 Å². The molecule has 1 aromatic heterocycles. The maximum Gasteiger partial charge on any atom is 0.253 e. The van der Waals surface area contributed by atoms with E-state index in [1.54, 1.807) is 18.3 Å². The van der Waals surface area contributed by atoms with Gasteiger partial charge in [-0.3, -0.25) is 14.6 Å². The Morgan fingerprint density at radius 1 is 1.11 bits per heavy atom. The van der Waals surface area contributed by atoms with E-state index in [4.69, 9.17) is 5.73 Å². The molecule has 2 amide bonds. The molecule has 6 heteroatoms. The Bertz CT molecular complexity index is 707. The van der Waals surface area contributed by atoms with Crippen LogP contribution < -0.4 is 16.4 Å². The van der Waals surface area contributed by atoms with E-state index in [-0.39, 0.29) is 17.9 Å². The number of pyridine rings is 1. The molecule has 0 fully saturated rings. The van der Waals surface area contributed by atoms with Crippen molar-refractivity contribution in [3.63, 3.8) is 0 Å². The molecule has 0 bridgehead atoms. The molecule has 2 aromatic rings. The first kappa shape index (κ1) is 20.6. The summed E-state index contributed by atoms with van der Waals surface area (Å²) in [5, 5.41) is 5.82. The van der Waals surface area contributed by atoms with Crippen LogP contribution >= 0.6 is 0 Å². The minimum atomic E-state index is -0.684. The second-order valence-electron chi connectivity index (χ2n) is 6.54. The second kappa shape index (κ2) is 11.1. The van der Waals surface area contributed by atoms with E-state index in [1.165, 1.54) is 6.20 Å². The van der Waals surface area contributed by atoms with Crippen molar-refractivity contribution < 1.29 is 9.59 Å². The van der Waals surface area contributed by atoms with E-state index < -0.39 is 6.04 Å². The third-order valence-electron chi connectivity index (χ3n) is 4.37. The molecule has 2 atom stereocenters. The summed E-state index contributed by atoms with van der Waals surface area (Å²) in [6.07, 6.45) is 6.35. The quantitative estimate of drug-likeness (QED) is 0.598. The van der Waals surface area contributed by atoms with Crippen LogP contribution in [-0.2, 0) is 11.2 Å². The first-order valence-electron chi connectivity index (χ1n) is 9.39. The number of carbonyl (C=O) groups is 2. The molecule has 6 nitrogen and oxygen atoms in total. The lowest BCUT2D eigenvalue weighted by molar-refractivity contribution is -0.123. The highest BCUT2D eigenvalue weighted by Crippen LogP contribution is 2.07. The Morgan fingerprint density at radius 2 is 1.89 bits per heavy atom. The van der Waals surface area contributed by atoms with E-state index in [1.807, 2.05) is 30.3 Å². The van der Waals surface area contributed by atoms with E-state index in [2.05, 4.69) is 22.5 Å². The highest BCUT2D eigenvalue weighted by molar-refractivity contribution is 5.97. The van der Waals surface area contributed by atoms with Crippen LogP contribution in [0.15, 0.2) is 54.9 Å². The Labute approximate surface area is 160 Å². The molecular weight excluding hydrogens is 340 g/mol. The number of nitrogens with zero attached hydrogens (tertiary/aromatic N) is 1. The number of nitrogens with two attached hydrogens (primary N) is 1. The van der Waals surface area contributed by atoms with Crippen LogP contribution in [0.4, 0.5) is 0 Å². The van der Waals surface area contributed by atoms with Gasteiger partial charge in [0.15, 0.2) is 0 Å². The smallest absolute Gasteiger partial charge is 0.253 e. The van der Waals surface area contributed by atoms with Gasteiger partial charge in [0.1, 0.15) is 6.04 Å². The minimum Gasteiger partial charge on any atom is -0.350 e. The zero-order chi connectivity index (χ0) is 19.5. The maximum absolute atomic E-state index is 12.8. The number of hydrogen-bond acceptors (Lipinski definition) is 4. The van der Waals surface area contributed by atoms with Gasteiger partial charge in [-0.25, -0.2) is 0 Å². The lowest BCUT2D eigenvalue weighted by Crippen LogP contribution is -2.52. The predicted molar refractivity (Wildman–Crippen MR) is 106 cm³/mol. The van der Waals surface area contributed by atoms with Crippen molar-refractivity contribution >= 4 is 11.8 Å². The fraction of sp³-hybridized carbons (Fsp3) is 0.381. The van der Waals surface area contributed by atoms with Crippen LogP contribution in [0.25, 0.3) is 0 Å². The molecular formula is C21H28N4O2. The number of carbonyl (C=O) groups excluding carboxylic acids is 2. The van der Waals surface area contributed by atoms with Gasteiger partial charge in [0, 0.05) is 31.4 Å². The normalized spacial score (nSPS) is 12.8. The van der Waals surface area contributed by atoms with Gasteiger partial charge in [-0.1, -0.05) is 50.1 Å². The minimum absolute atomic E-state index is 0.0917. The number of nitrogens with one attached hydrogen (secondary N) is 2. The van der Waals surface area contributed by atoms with Crippen LogP contribution in [0.1, 0.15) is 42.1 Å². The number of aromatic nitrogens is 1. The molecule has 0 aliphatic carbocycles. The van der Waals surface area contributed by atoms with Gasteiger partial charge in [0.05, 0.1) is 5.56 Å². The van der Waals surface area contributed by atoms with Crippen molar-refractivity contribution in [2.24, 2.45) is 5.73 Å². The Morgan fingerprint density at radius 3 is 2.52 bits per heavy atom. The summed E-state index contributed by atoms with van der Waals surface area (Å²) < 4.78 is 0. The number of benzene rings is 1. The zero-order valence-corrected chi connectivity index (χ0v) is 15.7. The highest BCUT2D eigenvalue weighted by atomic mass is 16.2. The van der Waals surface area contributed by atoms with Crippen molar-refractivity contribution in [2.75, 3.05) is 6.54 Å². The molecule has 2 rings (SSSR count). The lowest BCUT2D eigenvalue weighted by atomic mass is 10.0. The third kappa shape index (κ3) is 6.83. The van der Waals surface area contributed by atoms with Crippen molar-refractivity contribution in [1.29, 1.82) is 0 Å². The third-order valence-corrected chi connectivity index (χ3v) is 4.37. The lowest BCUT2D eigenvalue weighted by Gasteiger charge is -2.23. The number of hydrogen-bond donors (Lipinski definition) is 3. The Balaban J connectivity index is 2.10. The molecule has 0 aliphatic rings. The standard InChI is InChI=1S/C21H28N4O2/c1-2-3-11-18(14-22)24-21(27)19(13-16-8-5-4-6-9-16)25-20(26)17-10-7-12-23-15-17/h4-10,12,15,18-19H,2-3,11,13-14,22H2,1H3,(H,24,27)(H,25,26). The van der Waals surface area contributed by atoms with Gasteiger partial charge >= 0.3 is 0 Å². The summed E-state index contributed by atoms with van der Waals surface area (Å²) in [6.45, 7) is 2.47. The first-order valence-corrected chi connectivity index (χ1v) is 9.39. The number of unbranched alkanes of at least 4 members (excludes halogenated alkanes) is 1. The van der Waals surface area contributed by atoms with Gasteiger partial charge in [-0.2, -0.15) is 0 Å². The van der Waals surface area contributed by atoms with Gasteiger partial charge in [-0.15, -0.1) is 0 Å². The molecule has 0 saturated carbocycles. The van der Waals surface area contributed by atoms with Gasteiger partial charge in [-0.05, 0) is 24.1 Å². The van der Waals surface area contributed by atoms with Gasteiger partial charge in [0.25, 0.3) is 5.91 Å². The highest BCUT2D eigenvalue weighted by Gasteiger charge is 2.23. The van der Waals surface area contributed by atoms with Crippen LogP contribution in [0, 0.1) is 0 Å². The van der Waals surface area contributed by atoms with Crippen molar-refractivity contribution in [2.45, 2.75) is 44.7 Å². The van der Waals surface area contributed by atoms with Gasteiger partial charge < -0.3 is 16.4 Å². The van der Waals surface area contributed by atoms with Gasteiger partial charge in [0.2, 0.25) is 5.91 Å². The molecule has 27 heavy (non-hydrogen) atoms. The Kier molecular flexibility index (Phi) is 8.45. The van der Waals surface area contributed by atoms with Crippen molar-refractivity contribution in [3.05, 3.63) is 66.0 Å². The Hall–Kier alpha value is -2.73. The molecule has 0 aliphatic heterocycles. The molecule has 4 N–H and O–H groups in total. The molecule has 2 unspecified atom stereocenters. The number of rotatable bonds is 10. The summed E-state index contributed by atoms with van der Waals surface area (Å²) in [7, 11) is 0. The van der Waals surface area contributed by atoms with Crippen LogP contribution in [0.3, 0.4) is 0 Å². The van der Waals surface area contributed by atoms with Crippen molar-refractivity contribution in [3.8, 4) is 0 Å². The molecule has 0 spiro atoms. The molecule has 0 saturated heterocycles. The summed E-state index contributed by atoms with van der Waals surface area (Å²) in [4.78, 5) is 29.3. The monoisotopic (exact) mass is 368 g/mol. The SMILES string of the molecule is CCCCC(CN)NC(=O)C(Cc1ccccc1)NC(=O)c1cccnc1. The molecule has 1 heterocycles. The van der Waals surface area contributed by atoms with E-state index in [0.717, 1.165) is 24.8 Å². The van der Waals surface area contributed by atoms with E-state index in [0.29, 0.717) is 18.5 Å². The predicted octanol–water partition coefficient (Wildman–Crippen LogP) is 2.06. The van der Waals surface area contributed by atoms with Crippen LogP contribution in [0.2, 0.25) is 0 Å². The fourth-order valence-corrected chi connectivity index (χ4v) is 2.80. The zero-order valence-electron chi connectivity index (χ0n) is 15.7. The maximum atomic E-state index is 12.8. The van der Waals surface area contributed by atoms with Crippen LogP contribution in [0.5, 0.6) is 0 Å². The first-order chi connectivity index (χ1) is 13.1. The molecule has 0 radical (unpaired) electrons. The summed E-state index contributed by atoms with van der Waals surface area (Å²) in [5.74, 6) is -0.542. The van der Waals surface area contributed by atoms with E-state index >= 15 is 0 Å². The van der Waals surface area contributed by atoms with Crippen molar-refractivity contribution in [1.82, 2.24) is 15.6 Å². The second-order valence-corrected chi connectivity index (χ2v) is 6.54. The topological polar surface area (TPSA) is 97.1 Å². The summed E-state index contributed by atoms with van der Waals surface area (Å²) in [5.41, 5.74) is 7.19. The molecule has 1 aromatic carbocycles. The molecule has 144 valence electrons.